The van der Waals surface area contributed by atoms with Crippen molar-refractivity contribution in [2.24, 2.45) is 29.1 Å². The molecule has 1 unspecified atom stereocenters. The Morgan fingerprint density at radius 1 is 0.941 bits per heavy atom. The zero-order chi connectivity index (χ0) is 37.5. The number of likely N-dealkylation sites (tertiary alicyclic amines) is 1. The van der Waals surface area contributed by atoms with Gasteiger partial charge in [0.15, 0.2) is 0 Å². The third-order valence-electron chi connectivity index (χ3n) is 11.2. The molecule has 3 fully saturated rings. The van der Waals surface area contributed by atoms with Crippen molar-refractivity contribution in [3.63, 3.8) is 0 Å². The van der Waals surface area contributed by atoms with Crippen molar-refractivity contribution in [2.45, 2.75) is 110 Å². The topological polar surface area (TPSA) is 157 Å². The molecule has 2 saturated carbocycles. The molecule has 5 amide bonds. The average molecular weight is 709 g/mol. The van der Waals surface area contributed by atoms with E-state index in [-0.39, 0.29) is 47.4 Å². The first-order chi connectivity index (χ1) is 24.2. The Bertz CT molecular complexity index is 1410. The van der Waals surface area contributed by atoms with Crippen LogP contribution in [0.25, 0.3) is 0 Å². The number of amides is 5. The molecule has 4 N–H and O–H groups in total. The van der Waals surface area contributed by atoms with Gasteiger partial charge < -0.3 is 31.1 Å². The Labute approximate surface area is 303 Å². The van der Waals surface area contributed by atoms with Crippen LogP contribution in [0.4, 0.5) is 0 Å². The highest BCUT2D eigenvalue weighted by molar-refractivity contribution is 6.38. The number of carbonyl (C=O) groups excluding carboxylic acids is 6. The number of nitrogens with one attached hydrogen (secondary N) is 4. The maximum atomic E-state index is 14.4. The number of ketones is 1. The number of carbonyl (C=O) groups is 6. The molecule has 0 aromatic heterocycles. The van der Waals surface area contributed by atoms with Crippen LogP contribution in [0, 0.1) is 29.1 Å². The van der Waals surface area contributed by atoms with Gasteiger partial charge in [0, 0.05) is 20.6 Å². The first-order valence-electron chi connectivity index (χ1n) is 18.9. The minimum atomic E-state index is -1.12. The highest BCUT2D eigenvalue weighted by Gasteiger charge is 2.69. The van der Waals surface area contributed by atoms with Crippen LogP contribution in [0.2, 0.25) is 0 Å². The molecule has 1 aliphatic heterocycles. The van der Waals surface area contributed by atoms with Gasteiger partial charge in [-0.1, -0.05) is 90.6 Å². The highest BCUT2D eigenvalue weighted by Crippen LogP contribution is 2.65. The fourth-order valence-corrected chi connectivity index (χ4v) is 8.07. The van der Waals surface area contributed by atoms with Gasteiger partial charge in [-0.3, -0.25) is 28.8 Å². The van der Waals surface area contributed by atoms with Crippen molar-refractivity contribution < 1.29 is 28.8 Å². The minimum Gasteiger partial charge on any atom is -0.347 e. The van der Waals surface area contributed by atoms with E-state index < -0.39 is 48.2 Å². The second-order valence-corrected chi connectivity index (χ2v) is 15.9. The average Bonchev–Trinajstić information content (AvgIpc) is 3.40. The molecule has 1 aromatic carbocycles. The molecule has 4 rings (SSSR count). The van der Waals surface area contributed by atoms with Crippen LogP contribution in [0.3, 0.4) is 0 Å². The second kappa shape index (κ2) is 17.6. The van der Waals surface area contributed by atoms with Crippen LogP contribution in [-0.4, -0.2) is 97.0 Å². The van der Waals surface area contributed by atoms with Gasteiger partial charge in [-0.05, 0) is 66.9 Å². The minimum absolute atomic E-state index is 0.0403. The molecular weight excluding hydrogens is 648 g/mol. The summed E-state index contributed by atoms with van der Waals surface area (Å²) in [5.74, 6) is -2.47. The molecular formula is C39H60N6O6. The quantitative estimate of drug-likeness (QED) is 0.181. The molecule has 6 atom stereocenters. The number of nitrogens with zero attached hydrogens (tertiary/aromatic N) is 2. The number of hydrogen-bond acceptors (Lipinski definition) is 7. The van der Waals surface area contributed by atoms with E-state index >= 15 is 0 Å². The highest BCUT2D eigenvalue weighted by atomic mass is 16.2. The monoisotopic (exact) mass is 708 g/mol. The van der Waals surface area contributed by atoms with Gasteiger partial charge in [-0.15, -0.1) is 0 Å². The summed E-state index contributed by atoms with van der Waals surface area (Å²) in [5, 5.41) is 11.4. The molecule has 282 valence electrons. The molecule has 1 saturated heterocycles. The summed E-state index contributed by atoms with van der Waals surface area (Å²) >= 11 is 0. The van der Waals surface area contributed by atoms with Crippen molar-refractivity contribution in [1.29, 1.82) is 0 Å². The summed E-state index contributed by atoms with van der Waals surface area (Å²) in [6.07, 6.45) is 7.00. The zero-order valence-corrected chi connectivity index (χ0v) is 31.6. The van der Waals surface area contributed by atoms with Gasteiger partial charge in [-0.2, -0.15) is 0 Å². The maximum Gasteiger partial charge on any atom is 0.290 e. The van der Waals surface area contributed by atoms with Crippen molar-refractivity contribution in [1.82, 2.24) is 31.1 Å². The lowest BCUT2D eigenvalue weighted by Crippen LogP contribution is -2.59. The summed E-state index contributed by atoms with van der Waals surface area (Å²) in [7, 11) is 3.16. The molecule has 0 radical (unpaired) electrons. The molecule has 0 spiro atoms. The second-order valence-electron chi connectivity index (χ2n) is 15.9. The first kappa shape index (κ1) is 40.0. The van der Waals surface area contributed by atoms with E-state index in [1.54, 1.807) is 49.3 Å². The third-order valence-corrected chi connectivity index (χ3v) is 11.2. The smallest absolute Gasteiger partial charge is 0.290 e. The lowest BCUT2D eigenvalue weighted by molar-refractivity contribution is -0.145. The number of hydrogen-bond donors (Lipinski definition) is 4. The van der Waals surface area contributed by atoms with Crippen molar-refractivity contribution >= 4 is 35.3 Å². The predicted octanol–water partition coefficient (Wildman–Crippen LogP) is 2.97. The normalized spacial score (nSPS) is 22.7. The predicted molar refractivity (Wildman–Crippen MR) is 195 cm³/mol. The van der Waals surface area contributed by atoms with Gasteiger partial charge >= 0.3 is 0 Å². The number of rotatable bonds is 17. The molecule has 51 heavy (non-hydrogen) atoms. The van der Waals surface area contributed by atoms with Crippen LogP contribution < -0.4 is 21.3 Å². The van der Waals surface area contributed by atoms with E-state index in [2.05, 4.69) is 49.0 Å². The Morgan fingerprint density at radius 3 is 2.22 bits per heavy atom. The van der Waals surface area contributed by atoms with Gasteiger partial charge in [0.2, 0.25) is 29.4 Å². The fraction of sp³-hybridized carbons (Fsp3) is 0.692. The molecule has 1 heterocycles. The third kappa shape index (κ3) is 9.75. The number of likely N-dealkylation sites (N-methyl/N-ethyl adjacent to an activating group) is 1. The Kier molecular flexibility index (Phi) is 13.8. The lowest BCUT2D eigenvalue weighted by Gasteiger charge is -2.37. The zero-order valence-electron chi connectivity index (χ0n) is 31.6. The Balaban J connectivity index is 1.43. The van der Waals surface area contributed by atoms with Gasteiger partial charge in [0.05, 0.1) is 18.6 Å². The summed E-state index contributed by atoms with van der Waals surface area (Å²) in [6, 6.07) is 5.56. The SMILES string of the molecule is CCCC(NC(=O)[C@@H]1[C@@H]2[C@H](CN1C(=O)[C@@H](NCCC(C)C)C1CCCCC1)C2(C)C)C(=O)C(=O)NCC(=O)N[C@H](C(=O)N(C)C)c1ccccc1. The number of piperidine rings is 1. The summed E-state index contributed by atoms with van der Waals surface area (Å²) in [6.45, 7) is 11.1. The molecule has 12 nitrogen and oxygen atoms in total. The van der Waals surface area contributed by atoms with Gasteiger partial charge in [0.25, 0.3) is 5.91 Å². The standard InChI is InChI=1S/C39H60N6O6/c1-8-15-28(34(47)36(49)41-22-29(46)43-32(37(50)44(6)7)26-18-13-10-14-19-26)42-35(48)33-30-27(39(30,4)5)23-45(33)38(51)31(40-21-20-24(2)3)25-16-11-9-12-17-25/h10,13-14,18-19,24-25,27-28,30-33,40H,8-9,11-12,15-17,20-23H2,1-7H3,(H,41,49)(H,42,48)(H,43,46)/t27-,28?,30-,31-,32-,33-/m0/s1. The molecule has 1 aromatic rings. The molecule has 12 heteroatoms. The van der Waals surface area contributed by atoms with E-state index in [1.165, 1.54) is 11.3 Å². The lowest BCUT2D eigenvalue weighted by atomic mass is 9.83. The summed E-state index contributed by atoms with van der Waals surface area (Å²) < 4.78 is 0. The van der Waals surface area contributed by atoms with Crippen LogP contribution in [0.5, 0.6) is 0 Å². The molecule has 3 aliphatic rings. The summed E-state index contributed by atoms with van der Waals surface area (Å²) in [4.78, 5) is 83.8. The summed E-state index contributed by atoms with van der Waals surface area (Å²) in [5.41, 5.74) is 0.458. The number of fused-ring (bicyclic) bond motifs is 1. The Morgan fingerprint density at radius 2 is 1.61 bits per heavy atom. The molecule has 0 bridgehead atoms. The maximum absolute atomic E-state index is 14.4. The van der Waals surface area contributed by atoms with Crippen molar-refractivity contribution in [3.05, 3.63) is 35.9 Å². The van der Waals surface area contributed by atoms with Crippen LogP contribution >= 0.6 is 0 Å². The van der Waals surface area contributed by atoms with E-state index in [4.69, 9.17) is 0 Å². The van der Waals surface area contributed by atoms with Crippen LogP contribution in [0.15, 0.2) is 30.3 Å². The Hall–Kier alpha value is -3.80. The number of benzene rings is 1. The van der Waals surface area contributed by atoms with E-state index in [1.807, 2.05) is 6.92 Å². The van der Waals surface area contributed by atoms with E-state index in [9.17, 15) is 28.8 Å². The fourth-order valence-electron chi connectivity index (χ4n) is 8.07. The van der Waals surface area contributed by atoms with E-state index in [0.717, 1.165) is 38.6 Å². The van der Waals surface area contributed by atoms with Gasteiger partial charge in [0.1, 0.15) is 12.1 Å². The number of Topliss-reactive ketones (excluding diaryl/α,β-unsaturated/α-hetero) is 1. The largest absolute Gasteiger partial charge is 0.347 e. The van der Waals surface area contributed by atoms with Crippen molar-refractivity contribution in [2.75, 3.05) is 33.7 Å². The van der Waals surface area contributed by atoms with E-state index in [0.29, 0.717) is 24.4 Å². The van der Waals surface area contributed by atoms with Gasteiger partial charge in [-0.25, -0.2) is 0 Å². The van der Waals surface area contributed by atoms with Crippen molar-refractivity contribution in [3.8, 4) is 0 Å². The molecule has 2 aliphatic carbocycles. The first-order valence-corrected chi connectivity index (χ1v) is 18.9. The van der Waals surface area contributed by atoms with Crippen LogP contribution in [0.1, 0.15) is 97.6 Å². The van der Waals surface area contributed by atoms with Crippen LogP contribution in [-0.2, 0) is 28.8 Å².